The molecule has 96 valence electrons. The first-order chi connectivity index (χ1) is 8.79. The number of rotatable bonds is 4. The molecular formula is C14H20N4. The Morgan fingerprint density at radius 2 is 2.17 bits per heavy atom. The first-order valence-corrected chi connectivity index (χ1v) is 6.47. The van der Waals surface area contributed by atoms with Gasteiger partial charge >= 0.3 is 0 Å². The van der Waals surface area contributed by atoms with Gasteiger partial charge in [0.2, 0.25) is 0 Å². The SMILES string of the molecule is Cc1ccc(C#N)c(NCCN2CCNCC2)c1. The fourth-order valence-corrected chi connectivity index (χ4v) is 2.19. The third-order valence-corrected chi connectivity index (χ3v) is 3.25. The molecule has 18 heavy (non-hydrogen) atoms. The average molecular weight is 244 g/mol. The molecule has 4 nitrogen and oxygen atoms in total. The Hall–Kier alpha value is -1.57. The van der Waals surface area contributed by atoms with Gasteiger partial charge in [-0.2, -0.15) is 5.26 Å². The summed E-state index contributed by atoms with van der Waals surface area (Å²) in [5.74, 6) is 0. The first-order valence-electron chi connectivity index (χ1n) is 6.47. The van der Waals surface area contributed by atoms with Crippen LogP contribution < -0.4 is 10.6 Å². The molecule has 1 heterocycles. The highest BCUT2D eigenvalue weighted by Gasteiger charge is 2.09. The van der Waals surface area contributed by atoms with E-state index in [2.05, 4.69) is 21.6 Å². The van der Waals surface area contributed by atoms with Crippen molar-refractivity contribution in [3.05, 3.63) is 29.3 Å². The molecular weight excluding hydrogens is 224 g/mol. The summed E-state index contributed by atoms with van der Waals surface area (Å²) in [6, 6.07) is 8.11. The molecule has 1 aromatic rings. The second-order valence-corrected chi connectivity index (χ2v) is 4.68. The van der Waals surface area contributed by atoms with Crippen LogP contribution in [0.3, 0.4) is 0 Å². The van der Waals surface area contributed by atoms with Crippen LogP contribution in [0.4, 0.5) is 5.69 Å². The van der Waals surface area contributed by atoms with Crippen molar-refractivity contribution < 1.29 is 0 Å². The smallest absolute Gasteiger partial charge is 0.101 e. The van der Waals surface area contributed by atoms with Gasteiger partial charge < -0.3 is 10.6 Å². The van der Waals surface area contributed by atoms with Gasteiger partial charge in [0.1, 0.15) is 6.07 Å². The van der Waals surface area contributed by atoms with Gasteiger partial charge in [-0.3, -0.25) is 4.90 Å². The van der Waals surface area contributed by atoms with Crippen LogP contribution in [0.1, 0.15) is 11.1 Å². The lowest BCUT2D eigenvalue weighted by atomic mass is 10.1. The van der Waals surface area contributed by atoms with E-state index in [1.807, 2.05) is 25.1 Å². The van der Waals surface area contributed by atoms with Crippen LogP contribution in [0.15, 0.2) is 18.2 Å². The van der Waals surface area contributed by atoms with E-state index >= 15 is 0 Å². The molecule has 2 rings (SSSR count). The minimum absolute atomic E-state index is 0.723. The largest absolute Gasteiger partial charge is 0.383 e. The topological polar surface area (TPSA) is 51.1 Å². The standard InChI is InChI=1S/C14H20N4/c1-12-2-3-13(11-15)14(10-12)17-6-9-18-7-4-16-5-8-18/h2-3,10,16-17H,4-9H2,1H3. The second-order valence-electron chi connectivity index (χ2n) is 4.68. The highest BCUT2D eigenvalue weighted by Crippen LogP contribution is 2.16. The van der Waals surface area contributed by atoms with E-state index in [0.717, 1.165) is 50.5 Å². The van der Waals surface area contributed by atoms with E-state index in [1.165, 1.54) is 5.56 Å². The summed E-state index contributed by atoms with van der Waals surface area (Å²) in [5, 5.41) is 15.8. The molecule has 0 spiro atoms. The molecule has 4 heteroatoms. The van der Waals surface area contributed by atoms with Crippen molar-refractivity contribution in [2.75, 3.05) is 44.6 Å². The van der Waals surface area contributed by atoms with Gasteiger partial charge in [-0.25, -0.2) is 0 Å². The number of nitriles is 1. The maximum atomic E-state index is 9.05. The van der Waals surface area contributed by atoms with Crippen molar-refractivity contribution in [1.29, 1.82) is 5.26 Å². The number of nitrogens with zero attached hydrogens (tertiary/aromatic N) is 2. The number of hydrogen-bond acceptors (Lipinski definition) is 4. The molecule has 0 amide bonds. The lowest BCUT2D eigenvalue weighted by Gasteiger charge is -2.27. The third-order valence-electron chi connectivity index (χ3n) is 3.25. The van der Waals surface area contributed by atoms with Crippen molar-refractivity contribution in [1.82, 2.24) is 10.2 Å². The Kier molecular flexibility index (Phi) is 4.57. The number of aryl methyl sites for hydroxylation is 1. The normalized spacial score (nSPS) is 16.2. The Balaban J connectivity index is 1.86. The molecule has 1 aromatic carbocycles. The zero-order valence-corrected chi connectivity index (χ0v) is 10.9. The Labute approximate surface area is 109 Å². The van der Waals surface area contributed by atoms with Crippen LogP contribution in [0.2, 0.25) is 0 Å². The zero-order valence-electron chi connectivity index (χ0n) is 10.9. The van der Waals surface area contributed by atoms with Crippen LogP contribution >= 0.6 is 0 Å². The summed E-state index contributed by atoms with van der Waals surface area (Å²) in [5.41, 5.74) is 2.85. The molecule has 0 radical (unpaired) electrons. The first kappa shape index (κ1) is 12.9. The van der Waals surface area contributed by atoms with Crippen molar-refractivity contribution in [2.45, 2.75) is 6.92 Å². The molecule has 0 aliphatic carbocycles. The summed E-state index contributed by atoms with van der Waals surface area (Å²) >= 11 is 0. The highest BCUT2D eigenvalue weighted by molar-refractivity contribution is 5.58. The van der Waals surface area contributed by atoms with Gasteiger partial charge in [0.15, 0.2) is 0 Å². The van der Waals surface area contributed by atoms with E-state index in [-0.39, 0.29) is 0 Å². The zero-order chi connectivity index (χ0) is 12.8. The third kappa shape index (κ3) is 3.46. The summed E-state index contributed by atoms with van der Waals surface area (Å²) in [7, 11) is 0. The van der Waals surface area contributed by atoms with Crippen molar-refractivity contribution in [3.8, 4) is 6.07 Å². The van der Waals surface area contributed by atoms with Crippen LogP contribution in [0, 0.1) is 18.3 Å². The minimum Gasteiger partial charge on any atom is -0.383 e. The lowest BCUT2D eigenvalue weighted by molar-refractivity contribution is 0.249. The van der Waals surface area contributed by atoms with E-state index in [0.29, 0.717) is 0 Å². The molecule has 0 unspecified atom stereocenters. The summed E-state index contributed by atoms with van der Waals surface area (Å²) in [4.78, 5) is 2.44. The monoisotopic (exact) mass is 244 g/mol. The van der Waals surface area contributed by atoms with Gasteiger partial charge in [0.05, 0.1) is 11.3 Å². The van der Waals surface area contributed by atoms with E-state index in [4.69, 9.17) is 5.26 Å². The number of benzene rings is 1. The Morgan fingerprint density at radius 1 is 1.39 bits per heavy atom. The van der Waals surface area contributed by atoms with Gasteiger partial charge in [0.25, 0.3) is 0 Å². The van der Waals surface area contributed by atoms with E-state index < -0.39 is 0 Å². The molecule has 1 aliphatic rings. The molecule has 2 N–H and O–H groups in total. The number of anilines is 1. The molecule has 0 atom stereocenters. The van der Waals surface area contributed by atoms with E-state index in [9.17, 15) is 0 Å². The van der Waals surface area contributed by atoms with Gasteiger partial charge in [0, 0.05) is 39.3 Å². The molecule has 1 fully saturated rings. The van der Waals surface area contributed by atoms with Crippen LogP contribution in [0.25, 0.3) is 0 Å². The molecule has 1 aliphatic heterocycles. The molecule has 0 bridgehead atoms. The predicted molar refractivity (Wildman–Crippen MR) is 73.7 cm³/mol. The Morgan fingerprint density at radius 3 is 2.89 bits per heavy atom. The van der Waals surface area contributed by atoms with Gasteiger partial charge in [-0.15, -0.1) is 0 Å². The van der Waals surface area contributed by atoms with Crippen molar-refractivity contribution in [2.24, 2.45) is 0 Å². The van der Waals surface area contributed by atoms with Gasteiger partial charge in [-0.1, -0.05) is 6.07 Å². The van der Waals surface area contributed by atoms with Crippen molar-refractivity contribution in [3.63, 3.8) is 0 Å². The molecule has 0 aromatic heterocycles. The maximum Gasteiger partial charge on any atom is 0.101 e. The van der Waals surface area contributed by atoms with Crippen molar-refractivity contribution >= 4 is 5.69 Å². The molecule has 0 saturated carbocycles. The fraction of sp³-hybridized carbons (Fsp3) is 0.500. The fourth-order valence-electron chi connectivity index (χ4n) is 2.19. The van der Waals surface area contributed by atoms with Crippen LogP contribution in [-0.4, -0.2) is 44.2 Å². The van der Waals surface area contributed by atoms with Crippen LogP contribution in [-0.2, 0) is 0 Å². The second kappa shape index (κ2) is 6.39. The van der Waals surface area contributed by atoms with Gasteiger partial charge in [-0.05, 0) is 24.6 Å². The minimum atomic E-state index is 0.723. The van der Waals surface area contributed by atoms with E-state index in [1.54, 1.807) is 0 Å². The van der Waals surface area contributed by atoms with Crippen LogP contribution in [0.5, 0.6) is 0 Å². The molecule has 1 saturated heterocycles. The summed E-state index contributed by atoms with van der Waals surface area (Å²) < 4.78 is 0. The predicted octanol–water partition coefficient (Wildman–Crippen LogP) is 1.18. The number of hydrogen-bond donors (Lipinski definition) is 2. The quantitative estimate of drug-likeness (QED) is 0.835. The summed E-state index contributed by atoms with van der Waals surface area (Å²) in [6.07, 6.45) is 0. The average Bonchev–Trinajstić information content (AvgIpc) is 2.40. The number of piperazine rings is 1. The highest BCUT2D eigenvalue weighted by atomic mass is 15.2. The summed E-state index contributed by atoms with van der Waals surface area (Å²) in [6.45, 7) is 8.34. The number of nitrogens with one attached hydrogen (secondary N) is 2. The Bertz CT molecular complexity index is 430. The maximum absolute atomic E-state index is 9.05. The lowest BCUT2D eigenvalue weighted by Crippen LogP contribution is -2.45.